The Hall–Kier alpha value is -3.83. The lowest BCUT2D eigenvalue weighted by Crippen LogP contribution is -2.49. The lowest BCUT2D eigenvalue weighted by molar-refractivity contribution is -0.147. The summed E-state index contributed by atoms with van der Waals surface area (Å²) in [6.07, 6.45) is 15.4. The van der Waals surface area contributed by atoms with Gasteiger partial charge in [0.15, 0.2) is 0 Å². The Kier molecular flexibility index (Phi) is 8.56. The number of carbonyl (C=O) groups is 1. The highest BCUT2D eigenvalue weighted by Gasteiger charge is 2.32. The van der Waals surface area contributed by atoms with Gasteiger partial charge in [0, 0.05) is 36.0 Å². The molecular formula is C39H43NO4. The first-order valence-electron chi connectivity index (χ1n) is 16.6. The molecule has 0 bridgehead atoms. The van der Waals surface area contributed by atoms with Crippen molar-refractivity contribution in [3.63, 3.8) is 0 Å². The van der Waals surface area contributed by atoms with Gasteiger partial charge in [-0.3, -0.25) is 9.69 Å². The van der Waals surface area contributed by atoms with Crippen molar-refractivity contribution in [3.05, 3.63) is 95.7 Å². The summed E-state index contributed by atoms with van der Waals surface area (Å²) in [5.74, 6) is 1.50. The van der Waals surface area contributed by atoms with Crippen molar-refractivity contribution >= 4 is 27.9 Å². The maximum absolute atomic E-state index is 10.9. The molecule has 5 aromatic rings. The second kappa shape index (κ2) is 13.0. The molecule has 0 spiro atoms. The maximum Gasteiger partial charge on any atom is 0.309 e. The van der Waals surface area contributed by atoms with Gasteiger partial charge in [-0.2, -0.15) is 0 Å². The second-order valence-corrected chi connectivity index (χ2v) is 13.2. The number of aliphatic carboxylic acids is 1. The van der Waals surface area contributed by atoms with E-state index in [4.69, 9.17) is 13.9 Å². The highest BCUT2D eigenvalue weighted by atomic mass is 16.4. The van der Waals surface area contributed by atoms with Gasteiger partial charge in [0.2, 0.25) is 0 Å². The summed E-state index contributed by atoms with van der Waals surface area (Å²) >= 11 is 0. The van der Waals surface area contributed by atoms with Crippen LogP contribution < -0.4 is 0 Å². The van der Waals surface area contributed by atoms with Crippen LogP contribution >= 0.6 is 0 Å². The average Bonchev–Trinajstić information content (AvgIpc) is 3.70. The Bertz CT molecular complexity index is 1700. The summed E-state index contributed by atoms with van der Waals surface area (Å²) in [4.78, 5) is 13.1. The lowest BCUT2D eigenvalue weighted by Gasteiger charge is -2.36. The molecule has 8 rings (SSSR count). The third-order valence-corrected chi connectivity index (χ3v) is 10.1. The zero-order valence-electron chi connectivity index (χ0n) is 25.5. The summed E-state index contributed by atoms with van der Waals surface area (Å²) in [6, 6.07) is 26.0. The van der Waals surface area contributed by atoms with Crippen molar-refractivity contribution in [1.29, 1.82) is 0 Å². The zero-order chi connectivity index (χ0) is 29.9. The largest absolute Gasteiger partial charge is 0.481 e. The first-order valence-corrected chi connectivity index (χ1v) is 16.6. The van der Waals surface area contributed by atoms with Crippen LogP contribution in [0, 0.1) is 5.92 Å². The van der Waals surface area contributed by atoms with Gasteiger partial charge in [-0.05, 0) is 90.6 Å². The van der Waals surface area contributed by atoms with Crippen molar-refractivity contribution < 1.29 is 18.7 Å². The monoisotopic (exact) mass is 589 g/mol. The molecule has 0 atom stereocenters. The molecule has 3 aliphatic rings. The van der Waals surface area contributed by atoms with E-state index in [1.807, 2.05) is 0 Å². The summed E-state index contributed by atoms with van der Waals surface area (Å²) in [6.45, 7) is 2.09. The summed E-state index contributed by atoms with van der Waals surface area (Å²) in [7, 11) is 0. The van der Waals surface area contributed by atoms with Gasteiger partial charge in [-0.15, -0.1) is 0 Å². The van der Waals surface area contributed by atoms with Gasteiger partial charge in [0.25, 0.3) is 0 Å². The number of nitrogens with zero attached hydrogens (tertiary/aromatic N) is 1. The predicted molar refractivity (Wildman–Crippen MR) is 176 cm³/mol. The zero-order valence-corrected chi connectivity index (χ0v) is 25.5. The molecule has 0 amide bonds. The van der Waals surface area contributed by atoms with Crippen molar-refractivity contribution in [2.45, 2.75) is 82.6 Å². The van der Waals surface area contributed by atoms with Crippen LogP contribution in [0.5, 0.6) is 0 Å². The van der Waals surface area contributed by atoms with Crippen LogP contribution in [0.4, 0.5) is 0 Å². The standard InChI is InChI=1S/C25H27NO3.C14H16O/c27-25(28)22-15-26(16-22)14-17-6-8-19(9-7-17)24-13-21-12-20(10-11-23(21)29-24)18-4-2-1-3-5-18;1-2-4-11(5-3-1)12-6-7-14-13(10-12)8-9-15-14/h6-13,18,22H,1-5,14-16H2,(H,27,28);6-11H,1-5H2. The number of carboxylic acid groups (broad SMARTS) is 1. The van der Waals surface area contributed by atoms with Crippen LogP contribution in [0.15, 0.2) is 87.9 Å². The van der Waals surface area contributed by atoms with Crippen LogP contribution in [0.3, 0.4) is 0 Å². The Morgan fingerprint density at radius 3 is 1.95 bits per heavy atom. The summed E-state index contributed by atoms with van der Waals surface area (Å²) in [5, 5.41) is 11.4. The molecule has 0 unspecified atom stereocenters. The van der Waals surface area contributed by atoms with Crippen LogP contribution in [0.1, 0.15) is 92.7 Å². The van der Waals surface area contributed by atoms with Crippen molar-refractivity contribution in [3.8, 4) is 11.3 Å². The van der Waals surface area contributed by atoms with E-state index in [9.17, 15) is 4.79 Å². The number of furan rings is 2. The number of benzene rings is 3. The smallest absolute Gasteiger partial charge is 0.309 e. The van der Waals surface area contributed by atoms with Gasteiger partial charge >= 0.3 is 5.97 Å². The summed E-state index contributed by atoms with van der Waals surface area (Å²) < 4.78 is 11.5. The van der Waals surface area contributed by atoms with E-state index in [0.29, 0.717) is 19.0 Å². The fourth-order valence-corrected chi connectivity index (χ4v) is 7.46. The molecule has 44 heavy (non-hydrogen) atoms. The molecular weight excluding hydrogens is 546 g/mol. The molecule has 0 radical (unpaired) electrons. The molecule has 3 fully saturated rings. The van der Waals surface area contributed by atoms with Crippen LogP contribution in [-0.2, 0) is 11.3 Å². The van der Waals surface area contributed by atoms with E-state index in [1.54, 1.807) is 6.26 Å². The molecule has 228 valence electrons. The third-order valence-electron chi connectivity index (χ3n) is 10.1. The van der Waals surface area contributed by atoms with E-state index in [1.165, 1.54) is 91.7 Å². The van der Waals surface area contributed by atoms with Crippen molar-refractivity contribution in [2.24, 2.45) is 5.92 Å². The third kappa shape index (κ3) is 6.49. The fraction of sp³-hybridized carbons (Fsp3) is 0.410. The van der Waals surface area contributed by atoms with Gasteiger partial charge in [-0.1, -0.05) is 74.9 Å². The number of hydrogen-bond acceptors (Lipinski definition) is 4. The molecule has 2 aliphatic carbocycles. The van der Waals surface area contributed by atoms with Gasteiger partial charge in [-0.25, -0.2) is 0 Å². The van der Waals surface area contributed by atoms with Crippen LogP contribution in [-0.4, -0.2) is 29.1 Å². The van der Waals surface area contributed by atoms with E-state index in [-0.39, 0.29) is 5.92 Å². The normalized spacial score (nSPS) is 18.6. The minimum absolute atomic E-state index is 0.205. The SMILES string of the molecule is O=C(O)C1CN(Cc2ccc(-c3cc4cc(C5CCCCC5)ccc4o3)cc2)C1.c1cc2cc(C3CCCCC3)ccc2o1. The molecule has 1 N–H and O–H groups in total. The number of fused-ring (bicyclic) bond motifs is 2. The molecule has 1 aliphatic heterocycles. The minimum Gasteiger partial charge on any atom is -0.481 e. The van der Waals surface area contributed by atoms with Crippen LogP contribution in [0.2, 0.25) is 0 Å². The number of rotatable bonds is 6. The van der Waals surface area contributed by atoms with Crippen LogP contribution in [0.25, 0.3) is 33.3 Å². The Labute approximate surface area is 259 Å². The van der Waals surface area contributed by atoms with E-state index < -0.39 is 5.97 Å². The lowest BCUT2D eigenvalue weighted by atomic mass is 9.84. The van der Waals surface area contributed by atoms with Gasteiger partial charge < -0.3 is 13.9 Å². The van der Waals surface area contributed by atoms with Gasteiger partial charge in [0.1, 0.15) is 16.9 Å². The highest BCUT2D eigenvalue weighted by molar-refractivity contribution is 5.83. The Morgan fingerprint density at radius 1 is 0.705 bits per heavy atom. The quantitative estimate of drug-likeness (QED) is 0.213. The van der Waals surface area contributed by atoms with Gasteiger partial charge in [0.05, 0.1) is 12.2 Å². The number of hydrogen-bond donors (Lipinski definition) is 1. The second-order valence-electron chi connectivity index (χ2n) is 13.2. The first kappa shape index (κ1) is 28.9. The first-order chi connectivity index (χ1) is 21.6. The molecule has 5 nitrogen and oxygen atoms in total. The summed E-state index contributed by atoms with van der Waals surface area (Å²) in [5.41, 5.74) is 7.20. The maximum atomic E-state index is 10.9. The average molecular weight is 590 g/mol. The van der Waals surface area contributed by atoms with E-state index >= 15 is 0 Å². The molecule has 2 saturated carbocycles. The van der Waals surface area contributed by atoms with Crippen molar-refractivity contribution in [1.82, 2.24) is 4.90 Å². The molecule has 3 heterocycles. The van der Waals surface area contributed by atoms with E-state index in [2.05, 4.69) is 77.7 Å². The number of likely N-dealkylation sites (tertiary alicyclic amines) is 1. The topological polar surface area (TPSA) is 66.8 Å². The minimum atomic E-state index is -0.687. The Balaban J connectivity index is 0.000000174. The van der Waals surface area contributed by atoms with E-state index in [0.717, 1.165) is 35.0 Å². The predicted octanol–water partition coefficient (Wildman–Crippen LogP) is 10.1. The molecule has 5 heteroatoms. The highest BCUT2D eigenvalue weighted by Crippen LogP contribution is 2.36. The van der Waals surface area contributed by atoms with Crippen molar-refractivity contribution in [2.75, 3.05) is 13.1 Å². The fourth-order valence-electron chi connectivity index (χ4n) is 7.46. The molecule has 1 saturated heterocycles. The number of carboxylic acids is 1. The Morgan fingerprint density at radius 2 is 1.32 bits per heavy atom. The molecule has 3 aromatic carbocycles. The molecule has 2 aromatic heterocycles.